The summed E-state index contributed by atoms with van der Waals surface area (Å²) in [5.41, 5.74) is 1.02. The number of rotatable bonds is 2. The second-order valence-corrected chi connectivity index (χ2v) is 1.94. The van der Waals surface area contributed by atoms with Crippen molar-refractivity contribution in [3.8, 4) is 0 Å². The molecule has 0 saturated heterocycles. The van der Waals surface area contributed by atoms with Crippen molar-refractivity contribution >= 4 is 6.34 Å². The molecule has 0 aromatic carbocycles. The summed E-state index contributed by atoms with van der Waals surface area (Å²) in [5, 5.41) is 0. The van der Waals surface area contributed by atoms with Crippen LogP contribution >= 0.6 is 0 Å². The first-order valence-corrected chi connectivity index (χ1v) is 2.83. The van der Waals surface area contributed by atoms with Gasteiger partial charge in [-0.1, -0.05) is 6.08 Å². The summed E-state index contributed by atoms with van der Waals surface area (Å²) in [7, 11) is 1.90. The van der Waals surface area contributed by atoms with Crippen molar-refractivity contribution in [1.82, 2.24) is 4.90 Å². The standard InChI is InChI=1S/C7H9N2.HI/c1-3-4-7-5-9(2)6-8-7;/h3,5H,1,4H2,2H3;1H/q+1;/p-1. The Hall–Kier alpha value is -0.410. The summed E-state index contributed by atoms with van der Waals surface area (Å²) in [6, 6.07) is 0. The van der Waals surface area contributed by atoms with Gasteiger partial charge >= 0.3 is 0 Å². The van der Waals surface area contributed by atoms with E-state index < -0.39 is 0 Å². The lowest BCUT2D eigenvalue weighted by molar-refractivity contribution is -0.00000195. The average molecular weight is 248 g/mol. The highest BCUT2D eigenvalue weighted by molar-refractivity contribution is 5.61. The Bertz CT molecular complexity index is 172. The van der Waals surface area contributed by atoms with Crippen LogP contribution in [0.2, 0.25) is 0 Å². The van der Waals surface area contributed by atoms with Gasteiger partial charge in [-0.2, -0.15) is 4.90 Å². The molecule has 0 radical (unpaired) electrons. The monoisotopic (exact) mass is 248 g/mol. The minimum Gasteiger partial charge on any atom is -1.00 e. The van der Waals surface area contributed by atoms with Gasteiger partial charge in [0.15, 0.2) is 6.20 Å². The van der Waals surface area contributed by atoms with Crippen molar-refractivity contribution in [1.29, 1.82) is 0 Å². The number of hydrogen-bond acceptors (Lipinski definition) is 2. The van der Waals surface area contributed by atoms with E-state index in [1.165, 1.54) is 0 Å². The molecular formula is C7H9IN2. The minimum absolute atomic E-state index is 0. The maximum Gasteiger partial charge on any atom is 0.255 e. The third kappa shape index (κ3) is 2.45. The third-order valence-electron chi connectivity index (χ3n) is 1.05. The molecule has 1 heterocycles. The van der Waals surface area contributed by atoms with Crippen LogP contribution in [-0.4, -0.2) is 18.3 Å². The van der Waals surface area contributed by atoms with Crippen molar-refractivity contribution in [2.45, 2.75) is 6.42 Å². The van der Waals surface area contributed by atoms with Gasteiger partial charge in [-0.25, -0.2) is 0 Å². The first-order valence-electron chi connectivity index (χ1n) is 2.83. The zero-order valence-corrected chi connectivity index (χ0v) is 8.00. The Morgan fingerprint density at radius 2 is 2.60 bits per heavy atom. The maximum atomic E-state index is 3.97. The summed E-state index contributed by atoms with van der Waals surface area (Å²) in [4.78, 5) is 5.78. The van der Waals surface area contributed by atoms with E-state index in [-0.39, 0.29) is 24.0 Å². The van der Waals surface area contributed by atoms with E-state index in [1.807, 2.05) is 19.3 Å². The highest BCUT2D eigenvalue weighted by Crippen LogP contribution is 2.08. The molecule has 0 aliphatic carbocycles. The highest BCUT2D eigenvalue weighted by atomic mass is 127. The van der Waals surface area contributed by atoms with Gasteiger partial charge in [0.05, 0.1) is 6.42 Å². The summed E-state index contributed by atoms with van der Waals surface area (Å²) < 4.78 is 0. The van der Waals surface area contributed by atoms with E-state index in [9.17, 15) is 0 Å². The molecule has 54 valence electrons. The van der Waals surface area contributed by atoms with E-state index in [2.05, 4.69) is 17.9 Å². The van der Waals surface area contributed by atoms with E-state index in [0.717, 1.165) is 12.1 Å². The van der Waals surface area contributed by atoms with Gasteiger partial charge in [0.1, 0.15) is 0 Å². The SMILES string of the molecule is C=CCC1=CN(C)[C+]=N1.[I-]. The molecule has 0 amide bonds. The van der Waals surface area contributed by atoms with Crippen molar-refractivity contribution in [3.05, 3.63) is 24.6 Å². The van der Waals surface area contributed by atoms with Crippen molar-refractivity contribution in [2.75, 3.05) is 7.05 Å². The van der Waals surface area contributed by atoms with Gasteiger partial charge in [-0.3, -0.25) is 0 Å². The fourth-order valence-electron chi connectivity index (χ4n) is 0.671. The number of allylic oxidation sites excluding steroid dienone is 1. The van der Waals surface area contributed by atoms with E-state index in [0.29, 0.717) is 0 Å². The molecule has 10 heavy (non-hydrogen) atoms. The molecule has 2 nitrogen and oxygen atoms in total. The van der Waals surface area contributed by atoms with E-state index in [1.54, 1.807) is 4.90 Å². The molecule has 0 aromatic heterocycles. The Balaban J connectivity index is 0.000000810. The molecule has 0 saturated carbocycles. The van der Waals surface area contributed by atoms with Gasteiger partial charge in [0.2, 0.25) is 5.70 Å². The molecule has 0 aromatic rings. The fourth-order valence-corrected chi connectivity index (χ4v) is 0.671. The van der Waals surface area contributed by atoms with Gasteiger partial charge in [-0.15, -0.1) is 6.58 Å². The van der Waals surface area contributed by atoms with E-state index in [4.69, 9.17) is 0 Å². The molecule has 1 rings (SSSR count). The van der Waals surface area contributed by atoms with Crippen LogP contribution in [0.25, 0.3) is 0 Å². The molecular weight excluding hydrogens is 239 g/mol. The van der Waals surface area contributed by atoms with Crippen LogP contribution in [0.15, 0.2) is 29.5 Å². The first kappa shape index (κ1) is 9.59. The third-order valence-corrected chi connectivity index (χ3v) is 1.05. The maximum absolute atomic E-state index is 3.97. The number of halogens is 1. The Kier molecular flexibility index (Phi) is 4.23. The zero-order valence-electron chi connectivity index (χ0n) is 5.84. The van der Waals surface area contributed by atoms with Crippen LogP contribution in [0.1, 0.15) is 6.42 Å². The lowest BCUT2D eigenvalue weighted by Crippen LogP contribution is -3.00. The quantitative estimate of drug-likeness (QED) is 0.322. The zero-order chi connectivity index (χ0) is 6.69. The summed E-state index contributed by atoms with van der Waals surface area (Å²) in [5.74, 6) is 0. The van der Waals surface area contributed by atoms with Crippen LogP contribution in [0.4, 0.5) is 0 Å². The van der Waals surface area contributed by atoms with Gasteiger partial charge in [-0.05, 0) is 4.99 Å². The second kappa shape index (κ2) is 4.41. The average Bonchev–Trinajstić information content (AvgIpc) is 2.17. The van der Waals surface area contributed by atoms with Gasteiger partial charge in [0.25, 0.3) is 6.34 Å². The molecule has 0 N–H and O–H groups in total. The summed E-state index contributed by atoms with van der Waals surface area (Å²) in [6.07, 6.45) is 7.36. The van der Waals surface area contributed by atoms with Crippen molar-refractivity contribution < 1.29 is 24.0 Å². The topological polar surface area (TPSA) is 15.6 Å². The van der Waals surface area contributed by atoms with Crippen molar-refractivity contribution in [2.24, 2.45) is 4.99 Å². The van der Waals surface area contributed by atoms with E-state index >= 15 is 0 Å². The van der Waals surface area contributed by atoms with Crippen LogP contribution in [0.3, 0.4) is 0 Å². The molecule has 0 unspecified atom stereocenters. The second-order valence-electron chi connectivity index (χ2n) is 1.94. The largest absolute Gasteiger partial charge is 1.00 e. The molecule has 0 spiro atoms. The highest BCUT2D eigenvalue weighted by Gasteiger charge is 2.12. The van der Waals surface area contributed by atoms with Crippen molar-refractivity contribution in [3.63, 3.8) is 0 Å². The summed E-state index contributed by atoms with van der Waals surface area (Å²) >= 11 is 0. The minimum atomic E-state index is 0. The molecule has 3 heteroatoms. The molecule has 1 aliphatic rings. The fraction of sp³-hybridized carbons (Fsp3) is 0.286. The lowest BCUT2D eigenvalue weighted by atomic mass is 10.3. The Labute approximate surface area is 78.3 Å². The van der Waals surface area contributed by atoms with Crippen LogP contribution in [0.5, 0.6) is 0 Å². The number of nitrogens with zero attached hydrogens (tertiary/aromatic N) is 2. The van der Waals surface area contributed by atoms with Gasteiger partial charge < -0.3 is 24.0 Å². The molecule has 1 aliphatic heterocycles. The van der Waals surface area contributed by atoms with Crippen LogP contribution < -0.4 is 24.0 Å². The summed E-state index contributed by atoms with van der Waals surface area (Å²) in [6.45, 7) is 3.60. The number of aliphatic imine (C=N–C) groups is 1. The predicted octanol–water partition coefficient (Wildman–Crippen LogP) is -1.74. The molecule has 0 fully saturated rings. The lowest BCUT2D eigenvalue weighted by Gasteiger charge is -1.82. The van der Waals surface area contributed by atoms with Crippen LogP contribution in [0, 0.1) is 0 Å². The van der Waals surface area contributed by atoms with Gasteiger partial charge in [0, 0.05) is 7.05 Å². The van der Waals surface area contributed by atoms with Crippen LogP contribution in [-0.2, 0) is 0 Å². The Morgan fingerprint density at radius 1 is 1.90 bits per heavy atom. The normalized spacial score (nSPS) is 13.7. The first-order chi connectivity index (χ1) is 4.33. The Morgan fingerprint density at radius 3 is 3.00 bits per heavy atom. The number of hydrogen-bond donors (Lipinski definition) is 0. The smallest absolute Gasteiger partial charge is 0.255 e. The predicted molar refractivity (Wildman–Crippen MR) is 38.1 cm³/mol. The molecule has 0 atom stereocenters. The molecule has 0 bridgehead atoms.